The van der Waals surface area contributed by atoms with Gasteiger partial charge < -0.3 is 10.1 Å². The molecule has 0 radical (unpaired) electrons. The molecular weight excluding hydrogens is 200 g/mol. The van der Waals surface area contributed by atoms with Crippen LogP contribution in [-0.4, -0.2) is 18.7 Å². The van der Waals surface area contributed by atoms with Crippen LogP contribution < -0.4 is 10.1 Å². The van der Waals surface area contributed by atoms with Gasteiger partial charge in [-0.3, -0.25) is 0 Å². The maximum atomic E-state index is 8.99. The number of nitrogens with one attached hydrogen (secondary N) is 1. The minimum Gasteiger partial charge on any atom is -0.486 e. The molecule has 3 heteroatoms. The third-order valence-corrected chi connectivity index (χ3v) is 3.03. The Morgan fingerprint density at radius 1 is 1.31 bits per heavy atom. The summed E-state index contributed by atoms with van der Waals surface area (Å²) in [6.45, 7) is 4.07. The Kier molecular flexibility index (Phi) is 3.12. The van der Waals surface area contributed by atoms with Gasteiger partial charge in [0.05, 0.1) is 5.56 Å². The van der Waals surface area contributed by atoms with E-state index in [2.05, 4.69) is 18.3 Å². The lowest BCUT2D eigenvalue weighted by molar-refractivity contribution is 0.0553. The van der Waals surface area contributed by atoms with Gasteiger partial charge in [0.15, 0.2) is 0 Å². The van der Waals surface area contributed by atoms with Crippen molar-refractivity contribution in [3.05, 3.63) is 29.8 Å². The summed E-state index contributed by atoms with van der Waals surface area (Å²) in [7, 11) is 0. The molecule has 0 spiro atoms. The standard InChI is InChI=1S/C13H16N2O/c1-13(6-8-15-9-7-13)16-12-5-3-2-4-11(12)10-14/h2-5,15H,6-9H2,1H3. The van der Waals surface area contributed by atoms with Crippen LogP contribution in [0.15, 0.2) is 24.3 Å². The van der Waals surface area contributed by atoms with Gasteiger partial charge in [-0.05, 0) is 45.0 Å². The topological polar surface area (TPSA) is 45.0 Å². The van der Waals surface area contributed by atoms with Gasteiger partial charge >= 0.3 is 0 Å². The molecule has 0 unspecified atom stereocenters. The van der Waals surface area contributed by atoms with Crippen molar-refractivity contribution in [2.75, 3.05) is 13.1 Å². The van der Waals surface area contributed by atoms with Crippen LogP contribution in [0.1, 0.15) is 25.3 Å². The van der Waals surface area contributed by atoms with E-state index in [0.717, 1.165) is 25.9 Å². The second kappa shape index (κ2) is 4.54. The first-order chi connectivity index (χ1) is 7.73. The van der Waals surface area contributed by atoms with Gasteiger partial charge in [-0.2, -0.15) is 5.26 Å². The van der Waals surface area contributed by atoms with E-state index < -0.39 is 0 Å². The van der Waals surface area contributed by atoms with Crippen molar-refractivity contribution >= 4 is 0 Å². The van der Waals surface area contributed by atoms with E-state index in [4.69, 9.17) is 10.00 Å². The molecule has 16 heavy (non-hydrogen) atoms. The molecule has 1 N–H and O–H groups in total. The lowest BCUT2D eigenvalue weighted by Gasteiger charge is -2.34. The Balaban J connectivity index is 2.16. The molecule has 0 bridgehead atoms. The predicted octanol–water partition coefficient (Wildman–Crippen LogP) is 2.08. The number of piperidine rings is 1. The molecule has 0 saturated carbocycles. The van der Waals surface area contributed by atoms with Crippen molar-refractivity contribution in [3.63, 3.8) is 0 Å². The molecule has 0 amide bonds. The molecule has 1 heterocycles. The van der Waals surface area contributed by atoms with Crippen molar-refractivity contribution in [1.29, 1.82) is 5.26 Å². The lowest BCUT2D eigenvalue weighted by Crippen LogP contribution is -2.43. The summed E-state index contributed by atoms with van der Waals surface area (Å²) in [5.74, 6) is 0.703. The van der Waals surface area contributed by atoms with E-state index in [1.165, 1.54) is 0 Å². The third kappa shape index (κ3) is 2.34. The van der Waals surface area contributed by atoms with E-state index in [9.17, 15) is 0 Å². The summed E-state index contributed by atoms with van der Waals surface area (Å²) in [5, 5.41) is 12.3. The number of nitrogens with zero attached hydrogens (tertiary/aromatic N) is 1. The van der Waals surface area contributed by atoms with Gasteiger partial charge in [0.1, 0.15) is 17.4 Å². The van der Waals surface area contributed by atoms with E-state index >= 15 is 0 Å². The van der Waals surface area contributed by atoms with Gasteiger partial charge in [-0.15, -0.1) is 0 Å². The number of nitriles is 1. The average molecular weight is 216 g/mol. The molecular formula is C13H16N2O. The molecule has 1 aromatic rings. The van der Waals surface area contributed by atoms with Crippen molar-refractivity contribution in [2.24, 2.45) is 0 Å². The molecule has 1 saturated heterocycles. The highest BCUT2D eigenvalue weighted by Gasteiger charge is 2.29. The molecule has 1 aliphatic heterocycles. The van der Waals surface area contributed by atoms with Gasteiger partial charge in [0, 0.05) is 0 Å². The van der Waals surface area contributed by atoms with Crippen LogP contribution in [0.2, 0.25) is 0 Å². The highest BCUT2D eigenvalue weighted by atomic mass is 16.5. The second-order valence-electron chi connectivity index (χ2n) is 4.41. The molecule has 3 nitrogen and oxygen atoms in total. The van der Waals surface area contributed by atoms with Crippen molar-refractivity contribution < 1.29 is 4.74 Å². The fraction of sp³-hybridized carbons (Fsp3) is 0.462. The zero-order valence-corrected chi connectivity index (χ0v) is 9.49. The van der Waals surface area contributed by atoms with E-state index in [1.54, 1.807) is 6.07 Å². The zero-order chi connectivity index (χ0) is 11.4. The monoisotopic (exact) mass is 216 g/mol. The van der Waals surface area contributed by atoms with Crippen LogP contribution >= 0.6 is 0 Å². The minimum atomic E-state index is -0.141. The fourth-order valence-corrected chi connectivity index (χ4v) is 1.97. The zero-order valence-electron chi connectivity index (χ0n) is 9.49. The second-order valence-corrected chi connectivity index (χ2v) is 4.41. The van der Waals surface area contributed by atoms with Crippen LogP contribution in [0.5, 0.6) is 5.75 Å². The quantitative estimate of drug-likeness (QED) is 0.823. The number of hydrogen-bond donors (Lipinski definition) is 1. The minimum absolute atomic E-state index is 0.141. The normalized spacial score (nSPS) is 18.8. The van der Waals surface area contributed by atoms with E-state index in [0.29, 0.717) is 11.3 Å². The van der Waals surface area contributed by atoms with Gasteiger partial charge in [-0.25, -0.2) is 0 Å². The summed E-state index contributed by atoms with van der Waals surface area (Å²) >= 11 is 0. The Morgan fingerprint density at radius 3 is 2.69 bits per heavy atom. The van der Waals surface area contributed by atoms with Crippen LogP contribution in [0, 0.1) is 11.3 Å². The smallest absolute Gasteiger partial charge is 0.137 e. The largest absolute Gasteiger partial charge is 0.486 e. The van der Waals surface area contributed by atoms with E-state index in [1.807, 2.05) is 18.2 Å². The number of hydrogen-bond acceptors (Lipinski definition) is 3. The number of benzene rings is 1. The van der Waals surface area contributed by atoms with Crippen molar-refractivity contribution in [2.45, 2.75) is 25.4 Å². The molecule has 0 aliphatic carbocycles. The van der Waals surface area contributed by atoms with Crippen LogP contribution in [0.25, 0.3) is 0 Å². The molecule has 1 aromatic carbocycles. The summed E-state index contributed by atoms with van der Waals surface area (Å²) in [6, 6.07) is 9.58. The maximum Gasteiger partial charge on any atom is 0.137 e. The first kappa shape index (κ1) is 11.0. The molecule has 0 aromatic heterocycles. The maximum absolute atomic E-state index is 8.99. The van der Waals surface area contributed by atoms with Crippen LogP contribution in [-0.2, 0) is 0 Å². The first-order valence-electron chi connectivity index (χ1n) is 5.62. The van der Waals surface area contributed by atoms with Gasteiger partial charge in [-0.1, -0.05) is 12.1 Å². The summed E-state index contributed by atoms with van der Waals surface area (Å²) < 4.78 is 6.00. The molecule has 0 atom stereocenters. The highest BCUT2D eigenvalue weighted by molar-refractivity contribution is 5.42. The third-order valence-electron chi connectivity index (χ3n) is 3.03. The van der Waals surface area contributed by atoms with Gasteiger partial charge in [0.2, 0.25) is 0 Å². The first-order valence-corrected chi connectivity index (χ1v) is 5.62. The molecule has 2 rings (SSSR count). The average Bonchev–Trinajstić information content (AvgIpc) is 2.30. The highest BCUT2D eigenvalue weighted by Crippen LogP contribution is 2.28. The Morgan fingerprint density at radius 2 is 2.00 bits per heavy atom. The fourth-order valence-electron chi connectivity index (χ4n) is 1.97. The number of ether oxygens (including phenoxy) is 1. The molecule has 84 valence electrons. The Labute approximate surface area is 96.0 Å². The summed E-state index contributed by atoms with van der Waals surface area (Å²) in [4.78, 5) is 0. The van der Waals surface area contributed by atoms with Crippen molar-refractivity contribution in [3.8, 4) is 11.8 Å². The molecule has 1 fully saturated rings. The van der Waals surface area contributed by atoms with Crippen LogP contribution in [0.4, 0.5) is 0 Å². The number of para-hydroxylation sites is 1. The van der Waals surface area contributed by atoms with Gasteiger partial charge in [0.25, 0.3) is 0 Å². The van der Waals surface area contributed by atoms with Crippen LogP contribution in [0.3, 0.4) is 0 Å². The molecule has 1 aliphatic rings. The predicted molar refractivity (Wildman–Crippen MR) is 62.3 cm³/mol. The SMILES string of the molecule is CC1(Oc2ccccc2C#N)CCNCC1. The summed E-state index contributed by atoms with van der Waals surface area (Å²) in [5.41, 5.74) is 0.473. The lowest BCUT2D eigenvalue weighted by atomic mass is 9.94. The summed E-state index contributed by atoms with van der Waals surface area (Å²) in [6.07, 6.45) is 1.96. The van der Waals surface area contributed by atoms with Crippen molar-refractivity contribution in [1.82, 2.24) is 5.32 Å². The Bertz CT molecular complexity index is 403. The Hall–Kier alpha value is -1.53. The number of rotatable bonds is 2. The van der Waals surface area contributed by atoms with E-state index in [-0.39, 0.29) is 5.60 Å².